The van der Waals surface area contributed by atoms with Gasteiger partial charge in [-0.1, -0.05) is 260 Å². The summed E-state index contributed by atoms with van der Waals surface area (Å²) >= 11 is 0. The van der Waals surface area contributed by atoms with E-state index in [0.717, 1.165) is 148 Å². The molecular weight excluding hydrogens is 997 g/mol. The summed E-state index contributed by atoms with van der Waals surface area (Å²) in [4.78, 5) is 38.3. The van der Waals surface area contributed by atoms with Gasteiger partial charge in [-0.05, 0) is 154 Å². The molecule has 0 aliphatic carbocycles. The Morgan fingerprint density at radius 3 is 0.765 bits per heavy atom. The second kappa shape index (κ2) is 66.8. The van der Waals surface area contributed by atoms with Gasteiger partial charge in [0, 0.05) is 19.3 Å². The van der Waals surface area contributed by atoms with Gasteiger partial charge in [0.25, 0.3) is 0 Å². The van der Waals surface area contributed by atoms with Gasteiger partial charge < -0.3 is 14.2 Å². The Bertz CT molecular complexity index is 1950. The van der Waals surface area contributed by atoms with Crippen LogP contribution in [-0.2, 0) is 28.6 Å². The lowest BCUT2D eigenvalue weighted by atomic mass is 10.1. The minimum atomic E-state index is -0.841. The highest BCUT2D eigenvalue weighted by molar-refractivity contribution is 5.71. The van der Waals surface area contributed by atoms with E-state index in [0.29, 0.717) is 19.3 Å². The Morgan fingerprint density at radius 2 is 0.457 bits per heavy atom. The van der Waals surface area contributed by atoms with Crippen LogP contribution in [0.15, 0.2) is 194 Å². The smallest absolute Gasteiger partial charge is 0.306 e. The normalized spacial score (nSPS) is 13.5. The zero-order valence-electron chi connectivity index (χ0n) is 51.5. The number of unbranched alkanes of at least 4 members (excludes halogenated alkanes) is 12. The van der Waals surface area contributed by atoms with Gasteiger partial charge in [-0.2, -0.15) is 0 Å². The summed E-state index contributed by atoms with van der Waals surface area (Å²) < 4.78 is 16.8. The van der Waals surface area contributed by atoms with Gasteiger partial charge >= 0.3 is 17.9 Å². The summed E-state index contributed by atoms with van der Waals surface area (Å²) in [6, 6.07) is 0. The Morgan fingerprint density at radius 1 is 0.247 bits per heavy atom. The summed E-state index contributed by atoms with van der Waals surface area (Å²) in [6.45, 7) is 6.20. The van der Waals surface area contributed by atoms with Crippen LogP contribution < -0.4 is 0 Å². The lowest BCUT2D eigenvalue weighted by molar-refractivity contribution is -0.167. The van der Waals surface area contributed by atoms with E-state index in [9.17, 15) is 14.4 Å². The molecule has 0 aromatic carbocycles. The van der Waals surface area contributed by atoms with Crippen molar-refractivity contribution < 1.29 is 28.6 Å². The van der Waals surface area contributed by atoms with Crippen LogP contribution >= 0.6 is 0 Å². The lowest BCUT2D eigenvalue weighted by Gasteiger charge is -2.18. The van der Waals surface area contributed by atoms with Crippen molar-refractivity contribution in [3.05, 3.63) is 194 Å². The second-order valence-corrected chi connectivity index (χ2v) is 20.2. The summed E-state index contributed by atoms with van der Waals surface area (Å²) in [7, 11) is 0. The molecule has 1 atom stereocenters. The van der Waals surface area contributed by atoms with Crippen molar-refractivity contribution >= 4 is 17.9 Å². The standard InChI is InChI=1S/C75H114O6/c1-4-7-10-13-16-19-22-25-28-31-33-35-36-37-38-40-41-44-47-50-53-56-59-62-65-68-74(77)80-71-72(70-79-73(76)67-64-61-58-55-52-49-46-43-30-27-24-21-18-15-12-9-6-3)81-75(78)69-66-63-60-57-54-51-48-45-42-39-34-32-29-26-23-20-17-14-11-8-5-2/h7-12,16-21,25-30,33-35,37-39,45-46,48-49,54-55,57-58,72H,4-6,13-15,22-24,31-32,36,40-44,47,50-53,56,59-71H2,1-3H3/b10-7-,11-8-,12-9-,19-16-,20-17-,21-18-,28-25-,29-26-,30-27-,35-33-,38-37-,39-34-,48-45-,49-46-,57-54-,58-55-. The molecule has 0 aromatic heterocycles. The number of allylic oxidation sites excluding steroid dienone is 32. The summed E-state index contributed by atoms with van der Waals surface area (Å²) in [6.07, 6.45) is 102. The minimum absolute atomic E-state index is 0.127. The van der Waals surface area contributed by atoms with Crippen LogP contribution in [0, 0.1) is 0 Å². The molecule has 0 aliphatic heterocycles. The molecule has 0 aliphatic rings. The van der Waals surface area contributed by atoms with Crippen molar-refractivity contribution in [2.75, 3.05) is 13.2 Å². The minimum Gasteiger partial charge on any atom is -0.462 e. The molecule has 0 amide bonds. The third-order valence-corrected chi connectivity index (χ3v) is 12.6. The van der Waals surface area contributed by atoms with Gasteiger partial charge in [0.05, 0.1) is 0 Å². The third kappa shape index (κ3) is 64.9. The van der Waals surface area contributed by atoms with Gasteiger partial charge in [-0.3, -0.25) is 14.4 Å². The third-order valence-electron chi connectivity index (χ3n) is 12.6. The van der Waals surface area contributed by atoms with Gasteiger partial charge in [-0.25, -0.2) is 0 Å². The number of esters is 3. The molecule has 0 heterocycles. The molecular formula is C75H114O6. The van der Waals surface area contributed by atoms with Crippen molar-refractivity contribution in [1.82, 2.24) is 0 Å². The number of hydrogen-bond donors (Lipinski definition) is 0. The fourth-order valence-electron chi connectivity index (χ4n) is 7.92. The first-order valence-corrected chi connectivity index (χ1v) is 31.9. The van der Waals surface area contributed by atoms with Crippen molar-refractivity contribution in [2.45, 2.75) is 245 Å². The number of rotatable bonds is 55. The fourth-order valence-corrected chi connectivity index (χ4v) is 7.92. The first kappa shape index (κ1) is 75.2. The van der Waals surface area contributed by atoms with E-state index in [1.54, 1.807) is 0 Å². The van der Waals surface area contributed by atoms with Crippen LogP contribution in [0.5, 0.6) is 0 Å². The SMILES string of the molecule is CC/C=C\C/C=C\C/C=C\C/C=C\C/C=C\C/C=C\CCCCC(=O)OC(COC(=O)CCC/C=C\C/C=C\C/C=C\C/C=C\C/C=C\CC)COC(=O)CCCCCCCCCCC/C=C\C/C=C\C/C=C\C/C=C\C/C=C\CC. The van der Waals surface area contributed by atoms with Crippen LogP contribution in [0.1, 0.15) is 239 Å². The van der Waals surface area contributed by atoms with Gasteiger partial charge in [-0.15, -0.1) is 0 Å². The molecule has 0 saturated heterocycles. The Hall–Kier alpha value is -5.75. The maximum Gasteiger partial charge on any atom is 0.306 e. The lowest BCUT2D eigenvalue weighted by Crippen LogP contribution is -2.30. The number of hydrogen-bond acceptors (Lipinski definition) is 6. The van der Waals surface area contributed by atoms with E-state index in [1.807, 2.05) is 0 Å². The van der Waals surface area contributed by atoms with Crippen LogP contribution in [0.3, 0.4) is 0 Å². The van der Waals surface area contributed by atoms with Gasteiger partial charge in [0.2, 0.25) is 0 Å². The van der Waals surface area contributed by atoms with E-state index in [-0.39, 0.29) is 44.0 Å². The van der Waals surface area contributed by atoms with Gasteiger partial charge in [0.1, 0.15) is 13.2 Å². The average molecular weight is 1110 g/mol. The average Bonchev–Trinajstić information content (AvgIpc) is 3.47. The van der Waals surface area contributed by atoms with Crippen LogP contribution in [0.4, 0.5) is 0 Å². The first-order valence-electron chi connectivity index (χ1n) is 31.9. The zero-order chi connectivity index (χ0) is 58.5. The van der Waals surface area contributed by atoms with E-state index in [2.05, 4.69) is 215 Å². The number of ether oxygens (including phenoxy) is 3. The highest BCUT2D eigenvalue weighted by atomic mass is 16.6. The predicted octanol–water partition coefficient (Wildman–Crippen LogP) is 22.2. The quantitative estimate of drug-likeness (QED) is 0.0261. The van der Waals surface area contributed by atoms with Crippen LogP contribution in [0.2, 0.25) is 0 Å². The molecule has 0 spiro atoms. The molecule has 0 saturated carbocycles. The summed E-state index contributed by atoms with van der Waals surface area (Å²) in [5.41, 5.74) is 0. The molecule has 0 fully saturated rings. The number of carbonyl (C=O) groups excluding carboxylic acids is 3. The molecule has 0 N–H and O–H groups in total. The maximum atomic E-state index is 12.9. The Kier molecular flexibility index (Phi) is 62.0. The van der Waals surface area contributed by atoms with E-state index >= 15 is 0 Å². The monoisotopic (exact) mass is 1110 g/mol. The summed E-state index contributed by atoms with van der Waals surface area (Å²) in [5.74, 6) is -1.05. The Labute approximate surface area is 497 Å². The van der Waals surface area contributed by atoms with Crippen molar-refractivity contribution in [2.24, 2.45) is 0 Å². The topological polar surface area (TPSA) is 78.9 Å². The summed E-state index contributed by atoms with van der Waals surface area (Å²) in [5, 5.41) is 0. The van der Waals surface area contributed by atoms with E-state index in [4.69, 9.17) is 14.2 Å². The first-order chi connectivity index (χ1) is 40.0. The highest BCUT2D eigenvalue weighted by Gasteiger charge is 2.19. The highest BCUT2D eigenvalue weighted by Crippen LogP contribution is 2.13. The van der Waals surface area contributed by atoms with Crippen molar-refractivity contribution in [3.63, 3.8) is 0 Å². The zero-order valence-corrected chi connectivity index (χ0v) is 51.5. The molecule has 1 unspecified atom stereocenters. The molecule has 0 radical (unpaired) electrons. The Balaban J connectivity index is 4.57. The number of carbonyl (C=O) groups is 3. The molecule has 0 aromatic rings. The largest absolute Gasteiger partial charge is 0.462 e. The molecule has 81 heavy (non-hydrogen) atoms. The van der Waals surface area contributed by atoms with Crippen molar-refractivity contribution in [1.29, 1.82) is 0 Å². The maximum absolute atomic E-state index is 12.9. The predicted molar refractivity (Wildman–Crippen MR) is 352 cm³/mol. The molecule has 0 bridgehead atoms. The van der Waals surface area contributed by atoms with Crippen LogP contribution in [-0.4, -0.2) is 37.2 Å². The molecule has 6 heteroatoms. The van der Waals surface area contributed by atoms with Crippen LogP contribution in [0.25, 0.3) is 0 Å². The second-order valence-electron chi connectivity index (χ2n) is 20.2. The van der Waals surface area contributed by atoms with Crippen molar-refractivity contribution in [3.8, 4) is 0 Å². The molecule has 0 rings (SSSR count). The molecule has 450 valence electrons. The van der Waals surface area contributed by atoms with Gasteiger partial charge in [0.15, 0.2) is 6.10 Å². The van der Waals surface area contributed by atoms with E-state index < -0.39 is 6.10 Å². The van der Waals surface area contributed by atoms with E-state index in [1.165, 1.54) is 38.5 Å². The fraction of sp³-hybridized carbons (Fsp3) is 0.533. The molecule has 6 nitrogen and oxygen atoms in total.